The van der Waals surface area contributed by atoms with Crippen molar-refractivity contribution in [3.8, 4) is 0 Å². The maximum atomic E-state index is 6.45. The molecule has 1 spiro atoms. The average molecular weight is 306 g/mol. The van der Waals surface area contributed by atoms with Gasteiger partial charge in [0.2, 0.25) is 5.72 Å². The van der Waals surface area contributed by atoms with Crippen molar-refractivity contribution in [2.24, 2.45) is 4.99 Å². The lowest BCUT2D eigenvalue weighted by Gasteiger charge is -2.44. The Morgan fingerprint density at radius 3 is 2.78 bits per heavy atom. The van der Waals surface area contributed by atoms with Crippen LogP contribution in [0.25, 0.3) is 0 Å². The van der Waals surface area contributed by atoms with E-state index in [0.717, 1.165) is 18.5 Å². The molecular weight excluding hydrogens is 283 g/mol. The highest BCUT2D eigenvalue weighted by atomic mass is 16.5. The van der Waals surface area contributed by atoms with Crippen molar-refractivity contribution in [1.82, 2.24) is 0 Å². The number of allylic oxidation sites excluding steroid dienone is 3. The van der Waals surface area contributed by atoms with Crippen LogP contribution in [0, 0.1) is 0 Å². The van der Waals surface area contributed by atoms with Gasteiger partial charge in [-0.1, -0.05) is 36.6 Å². The van der Waals surface area contributed by atoms with Gasteiger partial charge in [0, 0.05) is 12.7 Å². The quantitative estimate of drug-likeness (QED) is 0.629. The number of hydrogen-bond acceptors (Lipinski definition) is 3. The van der Waals surface area contributed by atoms with Crippen LogP contribution in [0.1, 0.15) is 19.4 Å². The number of hydrogen-bond donors (Lipinski definition) is 0. The smallest absolute Gasteiger partial charge is 0.228 e. The third kappa shape index (κ3) is 2.24. The highest BCUT2D eigenvalue weighted by molar-refractivity contribution is 6.44. The number of ether oxygens (including phenoxy) is 1. The van der Waals surface area contributed by atoms with Gasteiger partial charge in [0.25, 0.3) is 0 Å². The number of para-hydroxylation sites is 1. The largest absolute Gasteiger partial charge is 0.460 e. The van der Waals surface area contributed by atoms with Gasteiger partial charge in [0.1, 0.15) is 5.76 Å². The highest BCUT2D eigenvalue weighted by Gasteiger charge is 2.58. The number of fused-ring (bicyclic) bond motifs is 1. The minimum atomic E-state index is -0.612. The zero-order valence-electron chi connectivity index (χ0n) is 14.3. The Kier molecular flexibility index (Phi) is 3.71. The molecule has 0 bridgehead atoms. The monoisotopic (exact) mass is 306 g/mol. The van der Waals surface area contributed by atoms with Crippen molar-refractivity contribution in [1.29, 1.82) is 0 Å². The van der Waals surface area contributed by atoms with E-state index in [1.54, 1.807) is 6.20 Å². The van der Waals surface area contributed by atoms with Gasteiger partial charge in [0.05, 0.1) is 17.8 Å². The van der Waals surface area contributed by atoms with E-state index in [-0.39, 0.29) is 5.41 Å². The molecule has 118 valence electrons. The van der Waals surface area contributed by atoms with Crippen LogP contribution in [0.15, 0.2) is 65.4 Å². The lowest BCUT2D eigenvalue weighted by molar-refractivity contribution is 0.0226. The van der Waals surface area contributed by atoms with Crippen molar-refractivity contribution in [3.63, 3.8) is 0 Å². The molecule has 2 heterocycles. The summed E-state index contributed by atoms with van der Waals surface area (Å²) < 4.78 is 6.45. The van der Waals surface area contributed by atoms with Gasteiger partial charge >= 0.3 is 0 Å². The third-order valence-electron chi connectivity index (χ3n) is 4.99. The first-order valence-electron chi connectivity index (χ1n) is 8.05. The second-order valence-electron chi connectivity index (χ2n) is 6.65. The Labute approximate surface area is 139 Å². The molecule has 0 fully saturated rings. The van der Waals surface area contributed by atoms with E-state index in [4.69, 9.17) is 4.74 Å². The predicted molar refractivity (Wildman–Crippen MR) is 99.6 cm³/mol. The summed E-state index contributed by atoms with van der Waals surface area (Å²) in [4.78, 5) is 6.67. The van der Waals surface area contributed by atoms with Crippen LogP contribution in [0.5, 0.6) is 0 Å². The minimum Gasteiger partial charge on any atom is -0.460 e. The van der Waals surface area contributed by atoms with Gasteiger partial charge in [0.15, 0.2) is 7.28 Å². The summed E-state index contributed by atoms with van der Waals surface area (Å²) in [5.41, 5.74) is 2.71. The Morgan fingerprint density at radius 2 is 2.09 bits per heavy atom. The molecule has 0 amide bonds. The van der Waals surface area contributed by atoms with Gasteiger partial charge in [-0.2, -0.15) is 0 Å². The third-order valence-corrected chi connectivity index (χ3v) is 4.99. The number of anilines is 1. The van der Waals surface area contributed by atoms with E-state index in [1.165, 1.54) is 11.3 Å². The van der Waals surface area contributed by atoms with Gasteiger partial charge in [-0.3, -0.25) is 4.99 Å². The van der Waals surface area contributed by atoms with Crippen LogP contribution >= 0.6 is 0 Å². The van der Waals surface area contributed by atoms with E-state index in [0.29, 0.717) is 0 Å². The first kappa shape index (κ1) is 15.7. The van der Waals surface area contributed by atoms with Gasteiger partial charge in [-0.15, -0.1) is 6.58 Å². The van der Waals surface area contributed by atoms with Crippen molar-refractivity contribution < 1.29 is 4.74 Å². The molecule has 2 aliphatic rings. The fraction of sp³-hybridized carbons (Fsp3) is 0.316. The Hall–Kier alpha value is -2.23. The van der Waals surface area contributed by atoms with Crippen LogP contribution in [0.2, 0.25) is 6.82 Å². The van der Waals surface area contributed by atoms with Crippen LogP contribution in [0.4, 0.5) is 5.69 Å². The maximum absolute atomic E-state index is 6.45. The van der Waals surface area contributed by atoms with Gasteiger partial charge < -0.3 is 9.64 Å². The van der Waals surface area contributed by atoms with Gasteiger partial charge in [-0.25, -0.2) is 0 Å². The summed E-state index contributed by atoms with van der Waals surface area (Å²) >= 11 is 0. The van der Waals surface area contributed by atoms with Crippen molar-refractivity contribution >= 4 is 19.2 Å². The molecular formula is C19H23BN2O. The molecule has 23 heavy (non-hydrogen) atoms. The number of benzene rings is 1. The Bertz CT molecular complexity index is 733. The summed E-state index contributed by atoms with van der Waals surface area (Å²) in [6.45, 7) is 10.5. The van der Waals surface area contributed by atoms with E-state index in [2.05, 4.69) is 68.5 Å². The normalized spacial score (nSPS) is 24.5. The standard InChI is InChI=1S/C19H23BN2O/c1-14(20-4)10-11-15-12-21-13-19(23-15)18(2,3)16-8-6-7-9-17(16)22(19)5/h6-13,20H,1H2,2-5H3/b11-10-. The lowest BCUT2D eigenvalue weighted by atomic mass is 9.73. The topological polar surface area (TPSA) is 24.8 Å². The summed E-state index contributed by atoms with van der Waals surface area (Å²) in [6, 6.07) is 8.45. The Balaban J connectivity index is 1.98. The predicted octanol–water partition coefficient (Wildman–Crippen LogP) is 3.61. The van der Waals surface area contributed by atoms with E-state index in [1.807, 2.05) is 18.4 Å². The molecule has 3 rings (SSSR count). The molecule has 0 saturated carbocycles. The molecule has 0 N–H and O–H groups in total. The summed E-state index contributed by atoms with van der Waals surface area (Å²) in [6.07, 6.45) is 7.63. The second-order valence-corrected chi connectivity index (χ2v) is 6.65. The summed E-state index contributed by atoms with van der Waals surface area (Å²) in [5.74, 6) is 0.759. The van der Waals surface area contributed by atoms with Crippen LogP contribution in [0.3, 0.4) is 0 Å². The zero-order valence-corrected chi connectivity index (χ0v) is 14.3. The molecule has 2 aliphatic heterocycles. The highest BCUT2D eigenvalue weighted by Crippen LogP contribution is 2.52. The molecule has 0 aliphatic carbocycles. The van der Waals surface area contributed by atoms with E-state index in [9.17, 15) is 0 Å². The molecule has 1 aromatic rings. The fourth-order valence-electron chi connectivity index (χ4n) is 3.37. The first-order chi connectivity index (χ1) is 10.9. The average Bonchev–Trinajstić information content (AvgIpc) is 2.72. The molecule has 1 unspecified atom stereocenters. The van der Waals surface area contributed by atoms with Crippen LogP contribution in [-0.2, 0) is 10.2 Å². The molecule has 1 aromatic carbocycles. The molecule has 3 nitrogen and oxygen atoms in total. The Morgan fingerprint density at radius 1 is 1.35 bits per heavy atom. The fourth-order valence-corrected chi connectivity index (χ4v) is 3.37. The van der Waals surface area contributed by atoms with E-state index < -0.39 is 5.72 Å². The zero-order chi connectivity index (χ0) is 16.7. The minimum absolute atomic E-state index is 0.211. The van der Waals surface area contributed by atoms with Crippen LogP contribution in [-0.4, -0.2) is 26.3 Å². The van der Waals surface area contributed by atoms with Crippen molar-refractivity contribution in [2.75, 3.05) is 11.9 Å². The van der Waals surface area contributed by atoms with Crippen LogP contribution < -0.4 is 4.90 Å². The lowest BCUT2D eigenvalue weighted by Crippen LogP contribution is -2.58. The van der Waals surface area contributed by atoms with Crippen molar-refractivity contribution in [3.05, 3.63) is 66.0 Å². The van der Waals surface area contributed by atoms with E-state index >= 15 is 0 Å². The number of likely N-dealkylation sites (N-methyl/N-ethyl adjacent to an activating group) is 1. The molecule has 4 heteroatoms. The number of nitrogens with zero attached hydrogens (tertiary/aromatic N) is 2. The maximum Gasteiger partial charge on any atom is 0.228 e. The second kappa shape index (κ2) is 5.45. The summed E-state index contributed by atoms with van der Waals surface area (Å²) in [7, 11) is 2.99. The number of aliphatic imine (C=N–C) groups is 1. The number of rotatable bonds is 3. The first-order valence-corrected chi connectivity index (χ1v) is 8.05. The molecule has 0 aromatic heterocycles. The molecule has 0 saturated heterocycles. The molecule has 1 atom stereocenters. The summed E-state index contributed by atoms with van der Waals surface area (Å²) in [5, 5.41) is 0. The van der Waals surface area contributed by atoms with Gasteiger partial charge in [-0.05, 0) is 31.6 Å². The molecule has 0 radical (unpaired) electrons. The van der Waals surface area contributed by atoms with Crippen molar-refractivity contribution in [2.45, 2.75) is 31.8 Å². The SMILES string of the molecule is C=C(BC)/C=C\C1=CN=CC2(O1)N(C)c1ccccc1C2(C)C.